The van der Waals surface area contributed by atoms with Crippen molar-refractivity contribution in [2.75, 3.05) is 6.61 Å². The lowest BCUT2D eigenvalue weighted by Gasteiger charge is -2.13. The summed E-state index contributed by atoms with van der Waals surface area (Å²) >= 11 is 0. The van der Waals surface area contributed by atoms with Crippen molar-refractivity contribution in [1.82, 2.24) is 5.32 Å². The number of halogens is 1. The van der Waals surface area contributed by atoms with Gasteiger partial charge < -0.3 is 10.4 Å². The van der Waals surface area contributed by atoms with Crippen LogP contribution >= 0.6 is 0 Å². The van der Waals surface area contributed by atoms with Gasteiger partial charge in [0.15, 0.2) is 0 Å². The van der Waals surface area contributed by atoms with Crippen LogP contribution < -0.4 is 5.32 Å². The quantitative estimate of drug-likeness (QED) is 0.784. The molecule has 0 radical (unpaired) electrons. The zero-order valence-corrected chi connectivity index (χ0v) is 9.99. The van der Waals surface area contributed by atoms with Gasteiger partial charge in [-0.25, -0.2) is 4.39 Å². The van der Waals surface area contributed by atoms with E-state index in [4.69, 9.17) is 5.11 Å². The first-order valence-corrected chi connectivity index (χ1v) is 5.96. The van der Waals surface area contributed by atoms with Gasteiger partial charge >= 0.3 is 0 Å². The maximum Gasteiger partial charge on any atom is 0.127 e. The van der Waals surface area contributed by atoms with Crippen molar-refractivity contribution >= 4 is 0 Å². The summed E-state index contributed by atoms with van der Waals surface area (Å²) in [5.74, 6) is 0.0821. The van der Waals surface area contributed by atoms with Crippen molar-refractivity contribution in [2.24, 2.45) is 5.92 Å². The van der Waals surface area contributed by atoms with Crippen LogP contribution in [-0.2, 0) is 6.54 Å². The molecule has 0 aliphatic heterocycles. The normalized spacial score (nSPS) is 23.2. The number of nitrogens with one attached hydrogen (secondary N) is 1. The molecule has 0 unspecified atom stereocenters. The first kappa shape index (κ1) is 12.3. The van der Waals surface area contributed by atoms with Gasteiger partial charge in [-0.1, -0.05) is 29.8 Å². The van der Waals surface area contributed by atoms with Crippen LogP contribution in [0.5, 0.6) is 0 Å². The van der Waals surface area contributed by atoms with Crippen molar-refractivity contribution in [3.8, 4) is 0 Å². The maximum atomic E-state index is 13.5. The monoisotopic (exact) mass is 235 g/mol. The Morgan fingerprint density at radius 3 is 2.94 bits per heavy atom. The molecule has 0 aromatic heterocycles. The van der Waals surface area contributed by atoms with E-state index in [1.807, 2.05) is 19.1 Å². The summed E-state index contributed by atoms with van der Waals surface area (Å²) < 4.78 is 13.5. The molecule has 2 rings (SSSR count). The SMILES string of the molecule is Cc1ccc(F)c(CN[C@@H]2C=C[C@H](CO)C2)c1. The van der Waals surface area contributed by atoms with E-state index in [0.717, 1.165) is 12.0 Å². The lowest BCUT2D eigenvalue weighted by molar-refractivity contribution is 0.246. The highest BCUT2D eigenvalue weighted by Gasteiger charge is 2.17. The lowest BCUT2D eigenvalue weighted by Crippen LogP contribution is -2.26. The van der Waals surface area contributed by atoms with Crippen molar-refractivity contribution in [3.05, 3.63) is 47.3 Å². The van der Waals surface area contributed by atoms with Crippen LogP contribution in [0.15, 0.2) is 30.4 Å². The van der Waals surface area contributed by atoms with Crippen molar-refractivity contribution < 1.29 is 9.50 Å². The number of hydrogen-bond donors (Lipinski definition) is 2. The van der Waals surface area contributed by atoms with Gasteiger partial charge in [-0.15, -0.1) is 0 Å². The Labute approximate surface area is 101 Å². The van der Waals surface area contributed by atoms with Crippen LogP contribution in [0.1, 0.15) is 17.5 Å². The molecular weight excluding hydrogens is 217 g/mol. The Morgan fingerprint density at radius 1 is 1.41 bits per heavy atom. The van der Waals surface area contributed by atoms with E-state index < -0.39 is 0 Å². The number of aliphatic hydroxyl groups excluding tert-OH is 1. The van der Waals surface area contributed by atoms with E-state index in [1.165, 1.54) is 6.07 Å². The van der Waals surface area contributed by atoms with E-state index in [0.29, 0.717) is 12.1 Å². The topological polar surface area (TPSA) is 32.3 Å². The van der Waals surface area contributed by atoms with Crippen LogP contribution in [0.4, 0.5) is 4.39 Å². The fraction of sp³-hybridized carbons (Fsp3) is 0.429. The third-order valence-electron chi connectivity index (χ3n) is 3.16. The smallest absolute Gasteiger partial charge is 0.127 e. The second-order valence-electron chi connectivity index (χ2n) is 4.65. The molecule has 0 amide bonds. The average Bonchev–Trinajstić information content (AvgIpc) is 2.78. The third-order valence-corrected chi connectivity index (χ3v) is 3.16. The van der Waals surface area contributed by atoms with E-state index in [9.17, 15) is 4.39 Å². The number of benzene rings is 1. The first-order valence-electron chi connectivity index (χ1n) is 5.96. The maximum absolute atomic E-state index is 13.5. The molecular formula is C14H18FNO. The molecule has 1 aliphatic rings. The molecule has 0 bridgehead atoms. The summed E-state index contributed by atoms with van der Waals surface area (Å²) in [4.78, 5) is 0. The molecule has 0 saturated carbocycles. The van der Waals surface area contributed by atoms with Gasteiger partial charge in [0.05, 0.1) is 0 Å². The zero-order valence-electron chi connectivity index (χ0n) is 9.99. The number of rotatable bonds is 4. The van der Waals surface area contributed by atoms with Crippen LogP contribution in [0, 0.1) is 18.7 Å². The summed E-state index contributed by atoms with van der Waals surface area (Å²) in [6.07, 6.45) is 4.96. The Bertz CT molecular complexity index is 417. The highest BCUT2D eigenvalue weighted by molar-refractivity contribution is 5.24. The summed E-state index contributed by atoms with van der Waals surface area (Å²) in [7, 11) is 0. The Balaban J connectivity index is 1.90. The van der Waals surface area contributed by atoms with Gasteiger partial charge in [0, 0.05) is 30.7 Å². The fourth-order valence-electron chi connectivity index (χ4n) is 2.14. The van der Waals surface area contributed by atoms with Crippen molar-refractivity contribution in [3.63, 3.8) is 0 Å². The van der Waals surface area contributed by atoms with E-state index in [1.54, 1.807) is 6.07 Å². The van der Waals surface area contributed by atoms with Gasteiger partial charge in [-0.2, -0.15) is 0 Å². The fourth-order valence-corrected chi connectivity index (χ4v) is 2.14. The van der Waals surface area contributed by atoms with E-state index in [-0.39, 0.29) is 24.4 Å². The minimum Gasteiger partial charge on any atom is -0.396 e. The second-order valence-corrected chi connectivity index (χ2v) is 4.65. The minimum absolute atomic E-state index is 0.163. The summed E-state index contributed by atoms with van der Waals surface area (Å²) in [5, 5.41) is 12.3. The molecule has 1 aromatic carbocycles. The lowest BCUT2D eigenvalue weighted by atomic mass is 10.1. The van der Waals surface area contributed by atoms with Crippen molar-refractivity contribution in [1.29, 1.82) is 0 Å². The summed E-state index contributed by atoms with van der Waals surface area (Å²) in [6.45, 7) is 2.67. The average molecular weight is 235 g/mol. The molecule has 92 valence electrons. The van der Waals surface area contributed by atoms with Gasteiger partial charge in [0.25, 0.3) is 0 Å². The third kappa shape index (κ3) is 3.14. The van der Waals surface area contributed by atoms with E-state index in [2.05, 4.69) is 11.4 Å². The van der Waals surface area contributed by atoms with Crippen LogP contribution in [0.3, 0.4) is 0 Å². The highest BCUT2D eigenvalue weighted by atomic mass is 19.1. The van der Waals surface area contributed by atoms with Gasteiger partial charge in [0.2, 0.25) is 0 Å². The predicted molar refractivity (Wildman–Crippen MR) is 66.1 cm³/mol. The van der Waals surface area contributed by atoms with Gasteiger partial charge in [-0.05, 0) is 19.4 Å². The molecule has 1 aromatic rings. The molecule has 2 N–H and O–H groups in total. The molecule has 0 fully saturated rings. The Kier molecular flexibility index (Phi) is 3.92. The molecule has 1 aliphatic carbocycles. The largest absolute Gasteiger partial charge is 0.396 e. The number of aliphatic hydroxyl groups is 1. The molecule has 3 heteroatoms. The minimum atomic E-state index is -0.163. The number of aryl methyl sites for hydroxylation is 1. The van der Waals surface area contributed by atoms with Gasteiger partial charge in [-0.3, -0.25) is 0 Å². The van der Waals surface area contributed by atoms with Crippen LogP contribution in [0.25, 0.3) is 0 Å². The molecule has 0 saturated heterocycles. The summed E-state index contributed by atoms with van der Waals surface area (Å²) in [6, 6.07) is 5.39. The Hall–Kier alpha value is -1.19. The van der Waals surface area contributed by atoms with Crippen LogP contribution in [-0.4, -0.2) is 17.8 Å². The van der Waals surface area contributed by atoms with Crippen molar-refractivity contribution in [2.45, 2.75) is 25.9 Å². The highest BCUT2D eigenvalue weighted by Crippen LogP contribution is 2.18. The van der Waals surface area contributed by atoms with E-state index >= 15 is 0 Å². The molecule has 0 heterocycles. The second kappa shape index (κ2) is 5.43. The molecule has 2 atom stereocenters. The standard InChI is InChI=1S/C14H18FNO/c1-10-2-5-14(15)12(6-10)8-16-13-4-3-11(7-13)9-17/h2-6,11,13,16-17H,7-9H2,1H3/t11-,13+/m0/s1. The predicted octanol–water partition coefficient (Wildman–Crippen LogP) is 2.16. The zero-order chi connectivity index (χ0) is 12.3. The van der Waals surface area contributed by atoms with Crippen LogP contribution in [0.2, 0.25) is 0 Å². The van der Waals surface area contributed by atoms with Gasteiger partial charge in [0.1, 0.15) is 5.82 Å². The molecule has 0 spiro atoms. The Morgan fingerprint density at radius 2 is 2.24 bits per heavy atom. The number of hydrogen-bond acceptors (Lipinski definition) is 2. The molecule has 17 heavy (non-hydrogen) atoms. The first-order chi connectivity index (χ1) is 8.19. The summed E-state index contributed by atoms with van der Waals surface area (Å²) in [5.41, 5.74) is 1.77. The molecule has 2 nitrogen and oxygen atoms in total.